The van der Waals surface area contributed by atoms with E-state index in [9.17, 15) is 0 Å². The molecule has 0 aliphatic rings. The van der Waals surface area contributed by atoms with E-state index in [1.807, 2.05) is 12.1 Å². The van der Waals surface area contributed by atoms with E-state index in [0.717, 1.165) is 23.2 Å². The number of hydrogen-bond donors (Lipinski definition) is 1. The largest absolute Gasteiger partial charge is 0.497 e. The molecule has 120 valence electrons. The van der Waals surface area contributed by atoms with Crippen molar-refractivity contribution in [3.8, 4) is 5.75 Å². The summed E-state index contributed by atoms with van der Waals surface area (Å²) in [6, 6.07) is 6.34. The van der Waals surface area contributed by atoms with Crippen molar-refractivity contribution in [2.45, 2.75) is 46.3 Å². The van der Waals surface area contributed by atoms with Crippen LogP contribution in [-0.2, 0) is 11.2 Å². The van der Waals surface area contributed by atoms with Crippen molar-refractivity contribution in [2.24, 2.45) is 5.41 Å². The van der Waals surface area contributed by atoms with Gasteiger partial charge in [-0.15, -0.1) is 0 Å². The van der Waals surface area contributed by atoms with Gasteiger partial charge in [-0.05, 0) is 42.1 Å². The molecule has 0 radical (unpaired) electrons. The molecule has 1 rings (SSSR count). The van der Waals surface area contributed by atoms with Crippen LogP contribution < -0.4 is 10.1 Å². The normalized spacial score (nSPS) is 14.8. The van der Waals surface area contributed by atoms with E-state index >= 15 is 0 Å². The lowest BCUT2D eigenvalue weighted by Crippen LogP contribution is -2.49. The van der Waals surface area contributed by atoms with Gasteiger partial charge in [0, 0.05) is 17.6 Å². The minimum Gasteiger partial charge on any atom is -0.497 e. The number of hydrogen-bond acceptors (Lipinski definition) is 3. The predicted octanol–water partition coefficient (Wildman–Crippen LogP) is 4.04. The topological polar surface area (TPSA) is 30.5 Å². The first-order valence-corrected chi connectivity index (χ1v) is 8.21. The second kappa shape index (κ2) is 8.16. The number of methoxy groups -OCH3 is 2. The second-order valence-electron chi connectivity index (χ2n) is 6.35. The first-order chi connectivity index (χ1) is 9.83. The zero-order valence-corrected chi connectivity index (χ0v) is 15.6. The van der Waals surface area contributed by atoms with Crippen molar-refractivity contribution in [1.29, 1.82) is 0 Å². The monoisotopic (exact) mass is 357 g/mol. The lowest BCUT2D eigenvalue weighted by Gasteiger charge is -2.36. The summed E-state index contributed by atoms with van der Waals surface area (Å²) in [6.07, 6.45) is 1.03. The van der Waals surface area contributed by atoms with Crippen molar-refractivity contribution in [3.63, 3.8) is 0 Å². The van der Waals surface area contributed by atoms with Gasteiger partial charge in [0.1, 0.15) is 5.75 Å². The fourth-order valence-electron chi connectivity index (χ4n) is 2.74. The van der Waals surface area contributed by atoms with Crippen molar-refractivity contribution in [2.75, 3.05) is 20.8 Å². The summed E-state index contributed by atoms with van der Waals surface area (Å²) in [4.78, 5) is 0. The molecule has 2 atom stereocenters. The SMILES string of the molecule is CCNC(Cc1cc(OC)ccc1Br)C(OC)C(C)(C)C. The molecular formula is C17H28BrNO2. The minimum absolute atomic E-state index is 0.0763. The Kier molecular flexibility index (Phi) is 7.17. The van der Waals surface area contributed by atoms with Gasteiger partial charge >= 0.3 is 0 Å². The zero-order chi connectivity index (χ0) is 16.0. The van der Waals surface area contributed by atoms with Gasteiger partial charge in [0.25, 0.3) is 0 Å². The molecule has 1 N–H and O–H groups in total. The third-order valence-electron chi connectivity index (χ3n) is 3.63. The number of benzene rings is 1. The van der Waals surface area contributed by atoms with Crippen LogP contribution in [0.4, 0.5) is 0 Å². The smallest absolute Gasteiger partial charge is 0.119 e. The Morgan fingerprint density at radius 3 is 2.38 bits per heavy atom. The summed E-state index contributed by atoms with van der Waals surface area (Å²) < 4.78 is 12.2. The summed E-state index contributed by atoms with van der Waals surface area (Å²) in [5, 5.41) is 3.57. The zero-order valence-electron chi connectivity index (χ0n) is 14.0. The van der Waals surface area contributed by atoms with Crippen LogP contribution in [-0.4, -0.2) is 32.9 Å². The molecule has 0 saturated carbocycles. The van der Waals surface area contributed by atoms with Gasteiger partial charge in [0.15, 0.2) is 0 Å². The first kappa shape index (κ1) is 18.5. The molecule has 0 amide bonds. The van der Waals surface area contributed by atoms with Crippen LogP contribution >= 0.6 is 15.9 Å². The average molecular weight is 358 g/mol. The predicted molar refractivity (Wildman–Crippen MR) is 92.1 cm³/mol. The Morgan fingerprint density at radius 2 is 1.90 bits per heavy atom. The molecule has 0 heterocycles. The quantitative estimate of drug-likeness (QED) is 0.798. The third kappa shape index (κ3) is 5.28. The maximum Gasteiger partial charge on any atom is 0.119 e. The Labute approximate surface area is 137 Å². The second-order valence-corrected chi connectivity index (χ2v) is 7.20. The molecule has 2 unspecified atom stereocenters. The molecule has 21 heavy (non-hydrogen) atoms. The number of likely N-dealkylation sites (N-methyl/N-ethyl adjacent to an activating group) is 1. The third-order valence-corrected chi connectivity index (χ3v) is 4.41. The van der Waals surface area contributed by atoms with Gasteiger partial charge in [-0.25, -0.2) is 0 Å². The lowest BCUT2D eigenvalue weighted by molar-refractivity contribution is -0.0106. The molecule has 4 heteroatoms. The van der Waals surface area contributed by atoms with Crippen LogP contribution in [0, 0.1) is 5.41 Å². The van der Waals surface area contributed by atoms with Crippen molar-refractivity contribution < 1.29 is 9.47 Å². The number of halogens is 1. The van der Waals surface area contributed by atoms with Gasteiger partial charge < -0.3 is 14.8 Å². The maximum absolute atomic E-state index is 5.79. The van der Waals surface area contributed by atoms with Gasteiger partial charge in [-0.2, -0.15) is 0 Å². The van der Waals surface area contributed by atoms with Crippen molar-refractivity contribution in [3.05, 3.63) is 28.2 Å². The highest BCUT2D eigenvalue weighted by Crippen LogP contribution is 2.29. The highest BCUT2D eigenvalue weighted by molar-refractivity contribution is 9.10. The van der Waals surface area contributed by atoms with E-state index < -0.39 is 0 Å². The van der Waals surface area contributed by atoms with Crippen LogP contribution in [0.1, 0.15) is 33.3 Å². The molecule has 0 aliphatic heterocycles. The molecule has 1 aromatic carbocycles. The minimum atomic E-state index is 0.0763. The molecule has 0 saturated heterocycles. The highest BCUT2D eigenvalue weighted by atomic mass is 79.9. The van der Waals surface area contributed by atoms with Gasteiger partial charge in [-0.3, -0.25) is 0 Å². The Morgan fingerprint density at radius 1 is 1.24 bits per heavy atom. The Balaban J connectivity index is 3.02. The summed E-state index contributed by atoms with van der Waals surface area (Å²) >= 11 is 3.64. The van der Waals surface area contributed by atoms with Crippen molar-refractivity contribution in [1.82, 2.24) is 5.32 Å². The van der Waals surface area contributed by atoms with Crippen LogP contribution in [0.25, 0.3) is 0 Å². The van der Waals surface area contributed by atoms with E-state index in [1.54, 1.807) is 14.2 Å². The van der Waals surface area contributed by atoms with E-state index in [-0.39, 0.29) is 17.6 Å². The van der Waals surface area contributed by atoms with Gasteiger partial charge in [0.05, 0.1) is 13.2 Å². The van der Waals surface area contributed by atoms with E-state index in [1.165, 1.54) is 5.56 Å². The average Bonchev–Trinajstić information content (AvgIpc) is 2.40. The molecule has 0 aromatic heterocycles. The highest BCUT2D eigenvalue weighted by Gasteiger charge is 2.32. The standard InChI is InChI=1S/C17H28BrNO2/c1-7-19-15(16(21-6)17(2,3)4)11-12-10-13(20-5)8-9-14(12)18/h8-10,15-16,19H,7,11H2,1-6H3. The Bertz CT molecular complexity index is 443. The van der Waals surface area contributed by atoms with E-state index in [2.05, 4.69) is 55.0 Å². The fourth-order valence-corrected chi connectivity index (χ4v) is 3.15. The van der Waals surface area contributed by atoms with Crippen LogP contribution in [0.2, 0.25) is 0 Å². The van der Waals surface area contributed by atoms with Crippen LogP contribution in [0.5, 0.6) is 5.75 Å². The van der Waals surface area contributed by atoms with Gasteiger partial charge in [0.2, 0.25) is 0 Å². The molecule has 3 nitrogen and oxygen atoms in total. The maximum atomic E-state index is 5.79. The lowest BCUT2D eigenvalue weighted by atomic mass is 9.82. The molecule has 0 aliphatic carbocycles. The summed E-state index contributed by atoms with van der Waals surface area (Å²) in [6.45, 7) is 9.69. The number of rotatable bonds is 7. The molecular weight excluding hydrogens is 330 g/mol. The molecule has 0 fully saturated rings. The number of ether oxygens (including phenoxy) is 2. The van der Waals surface area contributed by atoms with Crippen molar-refractivity contribution >= 4 is 15.9 Å². The van der Waals surface area contributed by atoms with E-state index in [0.29, 0.717) is 0 Å². The van der Waals surface area contributed by atoms with E-state index in [4.69, 9.17) is 9.47 Å². The van der Waals surface area contributed by atoms with Crippen LogP contribution in [0.15, 0.2) is 22.7 Å². The summed E-state index contributed by atoms with van der Waals surface area (Å²) in [5.74, 6) is 0.883. The molecule has 1 aromatic rings. The molecule has 0 bridgehead atoms. The summed E-state index contributed by atoms with van der Waals surface area (Å²) in [7, 11) is 3.49. The summed E-state index contributed by atoms with van der Waals surface area (Å²) in [5.41, 5.74) is 1.30. The Hall–Kier alpha value is -0.580. The molecule has 0 spiro atoms. The number of nitrogens with one attached hydrogen (secondary N) is 1. The van der Waals surface area contributed by atoms with Crippen LogP contribution in [0.3, 0.4) is 0 Å². The first-order valence-electron chi connectivity index (χ1n) is 7.42. The fraction of sp³-hybridized carbons (Fsp3) is 0.647. The van der Waals surface area contributed by atoms with Gasteiger partial charge in [-0.1, -0.05) is 43.6 Å².